The van der Waals surface area contributed by atoms with Gasteiger partial charge in [-0.3, -0.25) is 0 Å². The second-order valence-electron chi connectivity index (χ2n) is 6.02. The van der Waals surface area contributed by atoms with E-state index in [1.807, 2.05) is 0 Å². The number of fused-ring (bicyclic) bond motifs is 1. The molecule has 0 saturated heterocycles. The molecule has 20 heavy (non-hydrogen) atoms. The van der Waals surface area contributed by atoms with Crippen LogP contribution in [-0.4, -0.2) is 23.1 Å². The maximum absolute atomic E-state index is 5.94. The summed E-state index contributed by atoms with van der Waals surface area (Å²) >= 11 is 5.25. The number of thiocarbonyl (C=S) groups is 1. The van der Waals surface area contributed by atoms with Crippen LogP contribution in [0.15, 0.2) is 6.07 Å². The molecule has 1 aromatic heterocycles. The third-order valence-electron chi connectivity index (χ3n) is 4.68. The standard InChI is InChI=1S/C16H23N3S/c1-2-19(10-11-5-3-6-11)16-13(15(17)20)9-12-7-4-8-14(12)18-16/h9,11H,2-8,10H2,1H3,(H2,17,20). The lowest BCUT2D eigenvalue weighted by Crippen LogP contribution is -2.34. The molecule has 0 bridgehead atoms. The van der Waals surface area contributed by atoms with Crippen molar-refractivity contribution in [3.05, 3.63) is 22.9 Å². The lowest BCUT2D eigenvalue weighted by molar-refractivity contribution is 0.318. The summed E-state index contributed by atoms with van der Waals surface area (Å²) in [5.41, 5.74) is 9.52. The summed E-state index contributed by atoms with van der Waals surface area (Å²) in [4.78, 5) is 7.77. The van der Waals surface area contributed by atoms with Gasteiger partial charge in [0.2, 0.25) is 0 Å². The second kappa shape index (κ2) is 5.68. The first kappa shape index (κ1) is 13.8. The molecule has 2 aliphatic rings. The van der Waals surface area contributed by atoms with Gasteiger partial charge in [-0.1, -0.05) is 18.6 Å². The predicted octanol–water partition coefficient (Wildman–Crippen LogP) is 2.83. The van der Waals surface area contributed by atoms with Crippen LogP contribution < -0.4 is 10.6 Å². The number of rotatable bonds is 5. The lowest BCUT2D eigenvalue weighted by Gasteiger charge is -2.33. The number of aromatic nitrogens is 1. The number of nitrogens with two attached hydrogens (primary N) is 1. The van der Waals surface area contributed by atoms with Gasteiger partial charge in [0, 0.05) is 18.8 Å². The highest BCUT2D eigenvalue weighted by molar-refractivity contribution is 7.80. The van der Waals surface area contributed by atoms with Gasteiger partial charge in [-0.15, -0.1) is 0 Å². The largest absolute Gasteiger partial charge is 0.389 e. The Balaban J connectivity index is 1.94. The van der Waals surface area contributed by atoms with Crippen molar-refractivity contribution in [3.8, 4) is 0 Å². The topological polar surface area (TPSA) is 42.2 Å². The maximum atomic E-state index is 5.94. The van der Waals surface area contributed by atoms with E-state index in [-0.39, 0.29) is 0 Å². The molecule has 2 N–H and O–H groups in total. The number of hydrogen-bond donors (Lipinski definition) is 1. The van der Waals surface area contributed by atoms with E-state index < -0.39 is 0 Å². The van der Waals surface area contributed by atoms with E-state index in [2.05, 4.69) is 17.9 Å². The van der Waals surface area contributed by atoms with Gasteiger partial charge in [0.05, 0.1) is 5.56 Å². The Labute approximate surface area is 126 Å². The maximum Gasteiger partial charge on any atom is 0.139 e. The number of anilines is 1. The molecule has 1 saturated carbocycles. The van der Waals surface area contributed by atoms with Gasteiger partial charge in [-0.25, -0.2) is 4.98 Å². The minimum absolute atomic E-state index is 0.481. The van der Waals surface area contributed by atoms with Gasteiger partial charge < -0.3 is 10.6 Å². The summed E-state index contributed by atoms with van der Waals surface area (Å²) in [7, 11) is 0. The van der Waals surface area contributed by atoms with Crippen LogP contribution in [0.2, 0.25) is 0 Å². The molecule has 3 rings (SSSR count). The molecule has 0 radical (unpaired) electrons. The highest BCUT2D eigenvalue weighted by atomic mass is 32.1. The van der Waals surface area contributed by atoms with Crippen LogP contribution in [0, 0.1) is 5.92 Å². The van der Waals surface area contributed by atoms with Crippen molar-refractivity contribution in [1.29, 1.82) is 0 Å². The molecule has 0 spiro atoms. The van der Waals surface area contributed by atoms with Crippen molar-refractivity contribution in [2.75, 3.05) is 18.0 Å². The smallest absolute Gasteiger partial charge is 0.139 e. The fourth-order valence-electron chi connectivity index (χ4n) is 3.24. The van der Waals surface area contributed by atoms with Crippen molar-refractivity contribution in [1.82, 2.24) is 4.98 Å². The minimum Gasteiger partial charge on any atom is -0.389 e. The molecule has 1 fully saturated rings. The first-order chi connectivity index (χ1) is 9.69. The summed E-state index contributed by atoms with van der Waals surface area (Å²) in [5, 5.41) is 0. The van der Waals surface area contributed by atoms with E-state index in [1.54, 1.807) is 0 Å². The number of pyridine rings is 1. The number of hydrogen-bond acceptors (Lipinski definition) is 3. The highest BCUT2D eigenvalue weighted by Crippen LogP contribution is 2.31. The minimum atomic E-state index is 0.481. The molecule has 0 aliphatic heterocycles. The number of nitrogens with zero attached hydrogens (tertiary/aromatic N) is 2. The van der Waals surface area contributed by atoms with Gasteiger partial charge >= 0.3 is 0 Å². The molecule has 108 valence electrons. The zero-order valence-corrected chi connectivity index (χ0v) is 13.0. The molecule has 0 atom stereocenters. The van der Waals surface area contributed by atoms with Gasteiger partial charge in [0.25, 0.3) is 0 Å². The van der Waals surface area contributed by atoms with Crippen LogP contribution in [0.25, 0.3) is 0 Å². The van der Waals surface area contributed by atoms with Gasteiger partial charge in [0.1, 0.15) is 10.8 Å². The fourth-order valence-corrected chi connectivity index (χ4v) is 3.39. The molecule has 4 heteroatoms. The van der Waals surface area contributed by atoms with Crippen molar-refractivity contribution in [2.45, 2.75) is 45.4 Å². The monoisotopic (exact) mass is 289 g/mol. The lowest BCUT2D eigenvalue weighted by atomic mass is 9.85. The average molecular weight is 289 g/mol. The summed E-state index contributed by atoms with van der Waals surface area (Å²) < 4.78 is 0. The van der Waals surface area contributed by atoms with Crippen molar-refractivity contribution < 1.29 is 0 Å². The normalized spacial score (nSPS) is 17.6. The van der Waals surface area contributed by atoms with Crippen LogP contribution >= 0.6 is 12.2 Å². The van der Waals surface area contributed by atoms with Crippen LogP contribution in [0.3, 0.4) is 0 Å². The van der Waals surface area contributed by atoms with Crippen molar-refractivity contribution >= 4 is 23.0 Å². The molecule has 0 amide bonds. The van der Waals surface area contributed by atoms with Crippen molar-refractivity contribution in [3.63, 3.8) is 0 Å². The summed E-state index contributed by atoms with van der Waals surface area (Å²) in [6, 6.07) is 2.19. The predicted molar refractivity (Wildman–Crippen MR) is 87.4 cm³/mol. The zero-order valence-electron chi connectivity index (χ0n) is 12.2. The SMILES string of the molecule is CCN(CC1CCC1)c1nc2c(cc1C(N)=S)CCC2. The van der Waals surface area contributed by atoms with E-state index in [0.717, 1.165) is 43.2 Å². The van der Waals surface area contributed by atoms with Crippen LogP contribution in [0.1, 0.15) is 49.4 Å². The van der Waals surface area contributed by atoms with E-state index in [4.69, 9.17) is 22.9 Å². The first-order valence-corrected chi connectivity index (χ1v) is 8.17. The molecule has 1 heterocycles. The van der Waals surface area contributed by atoms with Gasteiger partial charge in [0.15, 0.2) is 0 Å². The quantitative estimate of drug-likeness (QED) is 0.846. The van der Waals surface area contributed by atoms with Crippen LogP contribution in [0.5, 0.6) is 0 Å². The summed E-state index contributed by atoms with van der Waals surface area (Å²) in [6.45, 7) is 4.26. The van der Waals surface area contributed by atoms with Crippen LogP contribution in [0.4, 0.5) is 5.82 Å². The van der Waals surface area contributed by atoms with E-state index in [1.165, 1.54) is 36.9 Å². The van der Waals surface area contributed by atoms with Crippen molar-refractivity contribution in [2.24, 2.45) is 11.7 Å². The van der Waals surface area contributed by atoms with Crippen LogP contribution in [-0.2, 0) is 12.8 Å². The third-order valence-corrected chi connectivity index (χ3v) is 4.90. The number of aryl methyl sites for hydroxylation is 2. The van der Waals surface area contributed by atoms with E-state index in [9.17, 15) is 0 Å². The van der Waals surface area contributed by atoms with Gasteiger partial charge in [-0.2, -0.15) is 0 Å². The Kier molecular flexibility index (Phi) is 3.92. The third kappa shape index (κ3) is 2.53. The molecule has 0 aromatic carbocycles. The Bertz CT molecular complexity index is 523. The Morgan fingerprint density at radius 2 is 2.20 bits per heavy atom. The first-order valence-electron chi connectivity index (χ1n) is 7.76. The molecular formula is C16H23N3S. The second-order valence-corrected chi connectivity index (χ2v) is 6.46. The average Bonchev–Trinajstić information content (AvgIpc) is 2.83. The summed E-state index contributed by atoms with van der Waals surface area (Å²) in [5.74, 6) is 1.84. The zero-order chi connectivity index (χ0) is 14.1. The highest BCUT2D eigenvalue weighted by Gasteiger charge is 2.24. The molecular weight excluding hydrogens is 266 g/mol. The molecule has 2 aliphatic carbocycles. The Morgan fingerprint density at radius 1 is 1.40 bits per heavy atom. The molecule has 1 aromatic rings. The summed E-state index contributed by atoms with van der Waals surface area (Å²) in [6.07, 6.45) is 7.50. The Morgan fingerprint density at radius 3 is 2.80 bits per heavy atom. The van der Waals surface area contributed by atoms with E-state index in [0.29, 0.717) is 4.99 Å². The molecule has 0 unspecified atom stereocenters. The Hall–Kier alpha value is -1.16. The van der Waals surface area contributed by atoms with E-state index >= 15 is 0 Å². The fraction of sp³-hybridized carbons (Fsp3) is 0.625. The van der Waals surface area contributed by atoms with Gasteiger partial charge in [-0.05, 0) is 56.6 Å². The molecule has 3 nitrogen and oxygen atoms in total.